The monoisotopic (exact) mass is 233 g/mol. The Morgan fingerprint density at radius 2 is 1.69 bits per heavy atom. The molecule has 0 fully saturated rings. The number of hydrogen-bond donors (Lipinski definition) is 0. The van der Waals surface area contributed by atoms with Crippen molar-refractivity contribution in [3.05, 3.63) is 28.4 Å². The molecule has 0 amide bonds. The molecule has 0 aliphatic carbocycles. The van der Waals surface area contributed by atoms with Gasteiger partial charge in [-0.2, -0.15) is 0 Å². The predicted molar refractivity (Wildman–Crippen MR) is 72.5 cm³/mol. The quantitative estimate of drug-likeness (QED) is 0.722. The lowest BCUT2D eigenvalue weighted by Gasteiger charge is -2.11. The van der Waals surface area contributed by atoms with Crippen LogP contribution in [0.15, 0.2) is 11.6 Å². The Hall–Kier alpha value is -0.890. The molecular weight excluding hydrogens is 214 g/mol. The molecule has 1 nitrogen and oxygen atoms in total. The Bertz CT molecular complexity index is 509. The van der Waals surface area contributed by atoms with Gasteiger partial charge < -0.3 is 0 Å². The van der Waals surface area contributed by atoms with E-state index in [1.807, 2.05) is 11.3 Å². The van der Waals surface area contributed by atoms with Crippen molar-refractivity contribution in [2.24, 2.45) is 0 Å². The van der Waals surface area contributed by atoms with Crippen LogP contribution in [0.4, 0.5) is 0 Å². The Balaban J connectivity index is 2.81. The molecule has 0 saturated carbocycles. The summed E-state index contributed by atoms with van der Waals surface area (Å²) >= 11 is 1.84. The van der Waals surface area contributed by atoms with Gasteiger partial charge in [0.2, 0.25) is 0 Å². The number of fused-ring (bicyclic) bond motifs is 1. The van der Waals surface area contributed by atoms with Gasteiger partial charge in [-0.25, -0.2) is 0 Å². The van der Waals surface area contributed by atoms with E-state index in [0.717, 1.165) is 5.69 Å². The minimum atomic E-state index is 0.544. The van der Waals surface area contributed by atoms with Crippen LogP contribution < -0.4 is 0 Å². The minimum Gasteiger partial charge on any atom is -0.260 e. The van der Waals surface area contributed by atoms with Crippen LogP contribution in [0.3, 0.4) is 0 Å². The Labute approximate surface area is 102 Å². The fraction of sp³-hybridized carbons (Fsp3) is 0.500. The molecule has 2 aromatic heterocycles. The molecule has 2 heterocycles. The number of aryl methyl sites for hydroxylation is 1. The van der Waals surface area contributed by atoms with E-state index in [1.165, 1.54) is 21.2 Å². The van der Waals surface area contributed by atoms with Crippen LogP contribution in [0, 0.1) is 6.92 Å². The van der Waals surface area contributed by atoms with Gasteiger partial charge in [0.05, 0.1) is 10.4 Å². The summed E-state index contributed by atoms with van der Waals surface area (Å²) in [7, 11) is 0. The van der Waals surface area contributed by atoms with E-state index in [0.29, 0.717) is 11.8 Å². The van der Waals surface area contributed by atoms with Gasteiger partial charge >= 0.3 is 0 Å². The maximum Gasteiger partial charge on any atom is 0.0561 e. The van der Waals surface area contributed by atoms with Crippen molar-refractivity contribution in [3.63, 3.8) is 0 Å². The lowest BCUT2D eigenvalue weighted by Crippen LogP contribution is -1.95. The van der Waals surface area contributed by atoms with Crippen LogP contribution in [0.2, 0.25) is 0 Å². The van der Waals surface area contributed by atoms with Crippen LogP contribution in [-0.2, 0) is 0 Å². The normalized spacial score (nSPS) is 11.9. The van der Waals surface area contributed by atoms with Crippen molar-refractivity contribution in [2.45, 2.75) is 46.5 Å². The van der Waals surface area contributed by atoms with Gasteiger partial charge in [0.25, 0.3) is 0 Å². The van der Waals surface area contributed by atoms with Crippen LogP contribution in [0.5, 0.6) is 0 Å². The molecule has 0 aromatic carbocycles. The fourth-order valence-corrected chi connectivity index (χ4v) is 3.30. The van der Waals surface area contributed by atoms with E-state index in [9.17, 15) is 0 Å². The highest BCUT2D eigenvalue weighted by molar-refractivity contribution is 7.17. The second kappa shape index (κ2) is 4.17. The zero-order chi connectivity index (χ0) is 11.9. The SMILES string of the molecule is Cc1ncc(C(C)C)c2c(C(C)C)csc12. The Morgan fingerprint density at radius 1 is 1.06 bits per heavy atom. The first-order valence-electron chi connectivity index (χ1n) is 5.89. The highest BCUT2D eigenvalue weighted by atomic mass is 32.1. The van der Waals surface area contributed by atoms with Crippen molar-refractivity contribution < 1.29 is 0 Å². The third-order valence-electron chi connectivity index (χ3n) is 3.08. The Kier molecular flexibility index (Phi) is 3.02. The highest BCUT2D eigenvalue weighted by Crippen LogP contribution is 2.37. The van der Waals surface area contributed by atoms with Crippen LogP contribution in [-0.4, -0.2) is 4.98 Å². The maximum atomic E-state index is 4.51. The smallest absolute Gasteiger partial charge is 0.0561 e. The summed E-state index contributed by atoms with van der Waals surface area (Å²) in [5.74, 6) is 1.13. The number of thiophene rings is 1. The summed E-state index contributed by atoms with van der Waals surface area (Å²) in [6.07, 6.45) is 2.06. The lowest BCUT2D eigenvalue weighted by molar-refractivity contribution is 0.851. The zero-order valence-electron chi connectivity index (χ0n) is 10.7. The van der Waals surface area contributed by atoms with E-state index >= 15 is 0 Å². The molecule has 0 atom stereocenters. The van der Waals surface area contributed by atoms with Crippen LogP contribution in [0.25, 0.3) is 10.1 Å². The molecule has 0 radical (unpaired) electrons. The van der Waals surface area contributed by atoms with Gasteiger partial charge in [-0.05, 0) is 35.3 Å². The summed E-state index contributed by atoms with van der Waals surface area (Å²) in [6.45, 7) is 11.1. The van der Waals surface area contributed by atoms with Crippen LogP contribution in [0.1, 0.15) is 56.4 Å². The lowest BCUT2D eigenvalue weighted by atomic mass is 9.94. The first-order valence-corrected chi connectivity index (χ1v) is 6.77. The third kappa shape index (κ3) is 1.75. The molecule has 0 aliphatic heterocycles. The summed E-state index contributed by atoms with van der Waals surface area (Å²) in [5, 5.41) is 3.76. The van der Waals surface area contributed by atoms with Gasteiger partial charge in [0, 0.05) is 11.6 Å². The molecule has 0 bridgehead atoms. The molecule has 86 valence electrons. The number of hydrogen-bond acceptors (Lipinski definition) is 2. The largest absolute Gasteiger partial charge is 0.260 e. The molecule has 0 N–H and O–H groups in total. The molecule has 0 saturated heterocycles. The first kappa shape index (κ1) is 11.6. The van der Waals surface area contributed by atoms with Crippen molar-refractivity contribution >= 4 is 21.4 Å². The van der Waals surface area contributed by atoms with Gasteiger partial charge in [-0.1, -0.05) is 27.7 Å². The first-order chi connectivity index (χ1) is 7.52. The van der Waals surface area contributed by atoms with Crippen molar-refractivity contribution in [2.75, 3.05) is 0 Å². The molecule has 16 heavy (non-hydrogen) atoms. The molecule has 2 heteroatoms. The minimum absolute atomic E-state index is 0.544. The predicted octanol–water partition coefficient (Wildman–Crippen LogP) is 4.85. The summed E-state index contributed by atoms with van der Waals surface area (Å²) in [5.41, 5.74) is 4.04. The third-order valence-corrected chi connectivity index (χ3v) is 4.19. The van der Waals surface area contributed by atoms with Crippen molar-refractivity contribution in [1.29, 1.82) is 0 Å². The molecular formula is C14H19NS. The van der Waals surface area contributed by atoms with Crippen molar-refractivity contribution in [1.82, 2.24) is 4.98 Å². The molecule has 0 aliphatic rings. The Morgan fingerprint density at radius 3 is 2.25 bits per heavy atom. The van der Waals surface area contributed by atoms with E-state index in [2.05, 4.69) is 51.2 Å². The number of rotatable bonds is 2. The number of aromatic nitrogens is 1. The van der Waals surface area contributed by atoms with E-state index in [4.69, 9.17) is 0 Å². The second-order valence-corrected chi connectivity index (χ2v) is 5.88. The van der Waals surface area contributed by atoms with Crippen LogP contribution >= 0.6 is 11.3 Å². The molecule has 0 spiro atoms. The number of pyridine rings is 1. The van der Waals surface area contributed by atoms with E-state index < -0.39 is 0 Å². The van der Waals surface area contributed by atoms with Gasteiger partial charge in [-0.15, -0.1) is 11.3 Å². The molecule has 2 aromatic rings. The average Bonchev–Trinajstić information content (AvgIpc) is 2.62. The summed E-state index contributed by atoms with van der Waals surface area (Å²) in [6, 6.07) is 0. The van der Waals surface area contributed by atoms with E-state index in [1.54, 1.807) is 0 Å². The van der Waals surface area contributed by atoms with Gasteiger partial charge in [-0.3, -0.25) is 4.98 Å². The average molecular weight is 233 g/mol. The molecule has 2 rings (SSSR count). The topological polar surface area (TPSA) is 12.9 Å². The summed E-state index contributed by atoms with van der Waals surface area (Å²) < 4.78 is 1.37. The standard InChI is InChI=1S/C14H19NS/c1-8(2)11-6-15-10(5)14-13(11)12(7-16-14)9(3)4/h6-9H,1-5H3. The van der Waals surface area contributed by atoms with Gasteiger partial charge in [0.1, 0.15) is 0 Å². The molecule has 0 unspecified atom stereocenters. The second-order valence-electron chi connectivity index (χ2n) is 5.00. The highest BCUT2D eigenvalue weighted by Gasteiger charge is 2.15. The maximum absolute atomic E-state index is 4.51. The summed E-state index contributed by atoms with van der Waals surface area (Å²) in [4.78, 5) is 4.51. The fourth-order valence-electron chi connectivity index (χ4n) is 2.09. The zero-order valence-corrected chi connectivity index (χ0v) is 11.5. The van der Waals surface area contributed by atoms with Crippen molar-refractivity contribution in [3.8, 4) is 0 Å². The van der Waals surface area contributed by atoms with E-state index in [-0.39, 0.29) is 0 Å². The van der Waals surface area contributed by atoms with Gasteiger partial charge in [0.15, 0.2) is 0 Å². The number of nitrogens with zero attached hydrogens (tertiary/aromatic N) is 1.